The normalized spacial score (nSPS) is 11.7. The second kappa shape index (κ2) is 9.92. The number of aryl methyl sites for hydroxylation is 1. The number of hydrogen-bond acceptors (Lipinski definition) is 4. The van der Waals surface area contributed by atoms with Crippen LogP contribution in [0.2, 0.25) is 5.02 Å². The molecule has 0 aliphatic rings. The molecule has 4 nitrogen and oxygen atoms in total. The minimum atomic E-state index is -0.450. The van der Waals surface area contributed by atoms with Gasteiger partial charge in [0, 0.05) is 41.2 Å². The maximum absolute atomic E-state index is 13.2. The average molecular weight is 441 g/mol. The van der Waals surface area contributed by atoms with Gasteiger partial charge in [-0.2, -0.15) is 0 Å². The Kier molecular flexibility index (Phi) is 7.29. The van der Waals surface area contributed by atoms with Gasteiger partial charge in [0.1, 0.15) is 0 Å². The van der Waals surface area contributed by atoms with Gasteiger partial charge in [0.25, 0.3) is 0 Å². The van der Waals surface area contributed by atoms with Crippen molar-refractivity contribution < 1.29 is 9.59 Å². The first kappa shape index (κ1) is 22.1. The summed E-state index contributed by atoms with van der Waals surface area (Å²) in [6.07, 6.45) is 0.185. The van der Waals surface area contributed by atoms with Gasteiger partial charge in [-0.05, 0) is 61.9 Å². The van der Waals surface area contributed by atoms with Gasteiger partial charge in [0.05, 0.1) is 10.9 Å². The lowest BCUT2D eigenvalue weighted by molar-refractivity contribution is -0.117. The molecule has 1 atom stereocenters. The molecule has 1 unspecified atom stereocenters. The van der Waals surface area contributed by atoms with Crippen LogP contribution in [0.25, 0.3) is 0 Å². The van der Waals surface area contributed by atoms with Gasteiger partial charge < -0.3 is 10.2 Å². The predicted octanol–water partition coefficient (Wildman–Crippen LogP) is 6.51. The molecule has 0 radical (unpaired) electrons. The summed E-state index contributed by atoms with van der Waals surface area (Å²) in [4.78, 5) is 29.4. The summed E-state index contributed by atoms with van der Waals surface area (Å²) in [6, 6.07) is 18.3. The molecule has 30 heavy (non-hydrogen) atoms. The predicted molar refractivity (Wildman–Crippen MR) is 126 cm³/mol. The van der Waals surface area contributed by atoms with Crippen molar-refractivity contribution in [1.29, 1.82) is 0 Å². The van der Waals surface area contributed by atoms with Gasteiger partial charge in [0.2, 0.25) is 5.91 Å². The molecule has 2 aromatic carbocycles. The molecule has 156 valence electrons. The van der Waals surface area contributed by atoms with Crippen molar-refractivity contribution in [2.45, 2.75) is 33.2 Å². The van der Waals surface area contributed by atoms with E-state index in [0.717, 1.165) is 22.7 Å². The van der Waals surface area contributed by atoms with E-state index in [-0.39, 0.29) is 18.1 Å². The van der Waals surface area contributed by atoms with Crippen LogP contribution >= 0.6 is 22.9 Å². The molecule has 1 amide bonds. The Balaban J connectivity index is 2.09. The molecule has 1 aromatic heterocycles. The topological polar surface area (TPSA) is 49.4 Å². The van der Waals surface area contributed by atoms with E-state index in [1.165, 1.54) is 18.3 Å². The van der Waals surface area contributed by atoms with Crippen molar-refractivity contribution in [1.82, 2.24) is 0 Å². The van der Waals surface area contributed by atoms with E-state index in [1.54, 1.807) is 17.0 Å². The summed E-state index contributed by atoms with van der Waals surface area (Å²) in [5.74, 6) is -0.117. The van der Waals surface area contributed by atoms with Crippen molar-refractivity contribution in [3.8, 4) is 0 Å². The number of amides is 1. The number of Topliss-reactive ketones (excluding diaryl/α,β-unsaturated/α-hetero) is 1. The number of benzene rings is 2. The lowest BCUT2D eigenvalue weighted by Crippen LogP contribution is -2.35. The lowest BCUT2D eigenvalue weighted by Gasteiger charge is -2.32. The average Bonchev–Trinajstić information content (AvgIpc) is 3.16. The van der Waals surface area contributed by atoms with Crippen molar-refractivity contribution >= 4 is 46.0 Å². The zero-order chi connectivity index (χ0) is 21.7. The number of halogens is 1. The number of ketones is 1. The standard InChI is InChI=1S/C24H25ClN2O2S/c1-4-26-21-8-6-5-7-20(21)22(15-23(29)24-14-9-16(2)30-24)27(17(3)28)19-12-10-18(25)11-13-19/h5-14,22,26H,4,15H2,1-3H3. The molecular formula is C24H25ClN2O2S. The Morgan fingerprint density at radius 1 is 1.07 bits per heavy atom. The van der Waals surface area contributed by atoms with Gasteiger partial charge in [-0.1, -0.05) is 29.8 Å². The Morgan fingerprint density at radius 2 is 1.77 bits per heavy atom. The highest BCUT2D eigenvalue weighted by molar-refractivity contribution is 7.14. The molecule has 0 fully saturated rings. The van der Waals surface area contributed by atoms with Crippen LogP contribution in [-0.2, 0) is 4.79 Å². The third-order valence-corrected chi connectivity index (χ3v) is 6.13. The zero-order valence-electron chi connectivity index (χ0n) is 17.3. The molecule has 6 heteroatoms. The summed E-state index contributed by atoms with van der Waals surface area (Å²) in [5.41, 5.74) is 2.53. The molecule has 0 bridgehead atoms. The number of nitrogens with zero attached hydrogens (tertiary/aromatic N) is 1. The van der Waals surface area contributed by atoms with E-state index < -0.39 is 6.04 Å². The number of rotatable bonds is 8. The van der Waals surface area contributed by atoms with E-state index in [1.807, 2.05) is 62.4 Å². The molecule has 0 spiro atoms. The maximum Gasteiger partial charge on any atom is 0.224 e. The highest BCUT2D eigenvalue weighted by atomic mass is 35.5. The van der Waals surface area contributed by atoms with E-state index >= 15 is 0 Å². The van der Waals surface area contributed by atoms with E-state index in [4.69, 9.17) is 11.6 Å². The molecular weight excluding hydrogens is 416 g/mol. The minimum absolute atomic E-state index is 0.0182. The van der Waals surface area contributed by atoms with Crippen LogP contribution in [0.1, 0.15) is 46.4 Å². The molecule has 1 heterocycles. The van der Waals surface area contributed by atoms with Crippen LogP contribution < -0.4 is 10.2 Å². The fraction of sp³-hybridized carbons (Fsp3) is 0.250. The number of hydrogen-bond donors (Lipinski definition) is 1. The molecule has 3 rings (SSSR count). The van der Waals surface area contributed by atoms with Crippen molar-refractivity contribution in [2.24, 2.45) is 0 Å². The number of anilines is 2. The van der Waals surface area contributed by atoms with Crippen LogP contribution in [0.15, 0.2) is 60.7 Å². The smallest absolute Gasteiger partial charge is 0.224 e. The van der Waals surface area contributed by atoms with Gasteiger partial charge in [-0.15, -0.1) is 11.3 Å². The van der Waals surface area contributed by atoms with Gasteiger partial charge in [-0.3, -0.25) is 9.59 Å². The second-order valence-electron chi connectivity index (χ2n) is 7.04. The molecule has 0 saturated heterocycles. The van der Waals surface area contributed by atoms with Crippen molar-refractivity contribution in [2.75, 3.05) is 16.8 Å². The number of carbonyl (C=O) groups excluding carboxylic acids is 2. The molecule has 0 aliphatic heterocycles. The number of nitrogens with one attached hydrogen (secondary N) is 1. The maximum atomic E-state index is 13.2. The number of thiophene rings is 1. The third kappa shape index (κ3) is 5.10. The van der Waals surface area contributed by atoms with Crippen LogP contribution in [0.4, 0.5) is 11.4 Å². The summed E-state index contributed by atoms with van der Waals surface area (Å²) in [7, 11) is 0. The Hall–Kier alpha value is -2.63. The second-order valence-corrected chi connectivity index (χ2v) is 8.76. The summed E-state index contributed by atoms with van der Waals surface area (Å²) in [5, 5.41) is 3.95. The van der Waals surface area contributed by atoms with E-state index in [0.29, 0.717) is 15.6 Å². The fourth-order valence-corrected chi connectivity index (χ4v) is 4.47. The van der Waals surface area contributed by atoms with Crippen LogP contribution in [0, 0.1) is 6.92 Å². The Bertz CT molecular complexity index is 1030. The molecule has 3 aromatic rings. The van der Waals surface area contributed by atoms with Crippen LogP contribution in [0.5, 0.6) is 0 Å². The van der Waals surface area contributed by atoms with Crippen LogP contribution in [-0.4, -0.2) is 18.2 Å². The van der Waals surface area contributed by atoms with Crippen molar-refractivity contribution in [3.05, 3.63) is 81.0 Å². The SMILES string of the molecule is CCNc1ccccc1C(CC(=O)c1ccc(C)s1)N(C(C)=O)c1ccc(Cl)cc1. The first-order chi connectivity index (χ1) is 14.4. The molecule has 1 N–H and O–H groups in total. The first-order valence-corrected chi connectivity index (χ1v) is 11.1. The quantitative estimate of drug-likeness (QED) is 0.406. The highest BCUT2D eigenvalue weighted by Crippen LogP contribution is 2.36. The highest BCUT2D eigenvalue weighted by Gasteiger charge is 2.29. The molecule has 0 aliphatic carbocycles. The van der Waals surface area contributed by atoms with E-state index in [9.17, 15) is 9.59 Å². The molecule has 0 saturated carbocycles. The van der Waals surface area contributed by atoms with Crippen LogP contribution in [0.3, 0.4) is 0 Å². The summed E-state index contributed by atoms with van der Waals surface area (Å²) in [6.45, 7) is 6.27. The largest absolute Gasteiger partial charge is 0.385 e. The number of para-hydroxylation sites is 1. The van der Waals surface area contributed by atoms with Gasteiger partial charge >= 0.3 is 0 Å². The van der Waals surface area contributed by atoms with Crippen molar-refractivity contribution in [3.63, 3.8) is 0 Å². The lowest BCUT2D eigenvalue weighted by atomic mass is 9.96. The monoisotopic (exact) mass is 440 g/mol. The Morgan fingerprint density at radius 3 is 2.37 bits per heavy atom. The van der Waals surface area contributed by atoms with Gasteiger partial charge in [-0.25, -0.2) is 0 Å². The Labute approximate surface area is 186 Å². The fourth-order valence-electron chi connectivity index (χ4n) is 3.52. The summed E-state index contributed by atoms with van der Waals surface area (Å²) >= 11 is 7.54. The third-order valence-electron chi connectivity index (χ3n) is 4.84. The van der Waals surface area contributed by atoms with Gasteiger partial charge in [0.15, 0.2) is 5.78 Å². The first-order valence-electron chi connectivity index (χ1n) is 9.88. The zero-order valence-corrected chi connectivity index (χ0v) is 18.9. The number of carbonyl (C=O) groups is 2. The minimum Gasteiger partial charge on any atom is -0.385 e. The summed E-state index contributed by atoms with van der Waals surface area (Å²) < 4.78 is 0. The van der Waals surface area contributed by atoms with E-state index in [2.05, 4.69) is 5.32 Å².